The van der Waals surface area contributed by atoms with Crippen LogP contribution in [0.5, 0.6) is 0 Å². The minimum Gasteiger partial charge on any atom is -0.0882 e. The Hall–Kier alpha value is -0.260. The summed E-state index contributed by atoms with van der Waals surface area (Å²) in [4.78, 5) is 0. The maximum atomic E-state index is 2.43. The van der Waals surface area contributed by atoms with Crippen LogP contribution >= 0.6 is 0 Å². The van der Waals surface area contributed by atoms with Gasteiger partial charge in [0, 0.05) is 0 Å². The molecule has 0 spiro atoms. The third-order valence-corrected chi connectivity index (χ3v) is 3.70. The molecule has 0 heteroatoms. The van der Waals surface area contributed by atoms with Gasteiger partial charge in [0.05, 0.1) is 0 Å². The van der Waals surface area contributed by atoms with Crippen molar-refractivity contribution < 1.29 is 0 Å². The molecule has 16 heavy (non-hydrogen) atoms. The Kier molecular flexibility index (Phi) is 7.80. The van der Waals surface area contributed by atoms with Crippen molar-refractivity contribution in [3.8, 4) is 0 Å². The van der Waals surface area contributed by atoms with Gasteiger partial charge < -0.3 is 0 Å². The monoisotopic (exact) mass is 224 g/mol. The molecule has 1 unspecified atom stereocenters. The molecular formula is C16H32. The second-order valence-corrected chi connectivity index (χ2v) is 6.28. The lowest BCUT2D eigenvalue weighted by Crippen LogP contribution is -2.19. The maximum Gasteiger partial charge on any atom is -0.0211 e. The minimum absolute atomic E-state index is 0.462. The van der Waals surface area contributed by atoms with Crippen LogP contribution < -0.4 is 0 Å². The number of unbranched alkanes of at least 4 members (excludes halogenated alkanes) is 1. The van der Waals surface area contributed by atoms with Gasteiger partial charge in [-0.15, -0.1) is 0 Å². The maximum absolute atomic E-state index is 2.43. The number of hydrogen-bond donors (Lipinski definition) is 0. The average Bonchev–Trinajstić information content (AvgIpc) is 2.16. The lowest BCUT2D eigenvalue weighted by Gasteiger charge is -2.29. The van der Waals surface area contributed by atoms with E-state index in [9.17, 15) is 0 Å². The van der Waals surface area contributed by atoms with Crippen molar-refractivity contribution in [2.75, 3.05) is 0 Å². The fraction of sp³-hybridized carbons (Fsp3) is 0.875. The quantitative estimate of drug-likeness (QED) is 0.359. The smallest absolute Gasteiger partial charge is 0.0211 e. The molecular weight excluding hydrogens is 192 g/mol. The largest absolute Gasteiger partial charge is 0.0882 e. The fourth-order valence-corrected chi connectivity index (χ4v) is 2.08. The summed E-state index contributed by atoms with van der Waals surface area (Å²) in [6.45, 7) is 14.0. The van der Waals surface area contributed by atoms with Crippen molar-refractivity contribution in [3.05, 3.63) is 12.2 Å². The van der Waals surface area contributed by atoms with Crippen LogP contribution in [0, 0.1) is 17.3 Å². The molecule has 0 radical (unpaired) electrons. The van der Waals surface area contributed by atoms with Crippen LogP contribution in [0.4, 0.5) is 0 Å². The van der Waals surface area contributed by atoms with E-state index < -0.39 is 0 Å². The van der Waals surface area contributed by atoms with Crippen molar-refractivity contribution in [1.82, 2.24) is 0 Å². The fourth-order valence-electron chi connectivity index (χ4n) is 2.08. The van der Waals surface area contributed by atoms with Crippen LogP contribution in [-0.4, -0.2) is 0 Å². The molecule has 96 valence electrons. The van der Waals surface area contributed by atoms with E-state index in [0.29, 0.717) is 11.3 Å². The molecule has 0 bridgehead atoms. The molecule has 0 rings (SSSR count). The zero-order chi connectivity index (χ0) is 12.6. The standard InChI is InChI=1S/C16H32/c1-7-13-16(5,6)15(4)12-10-8-9-11-14(2)3/h10,12,14-15H,7-9,11,13H2,1-6H3. The molecule has 0 saturated heterocycles. The molecule has 0 heterocycles. The molecule has 0 amide bonds. The van der Waals surface area contributed by atoms with Crippen molar-refractivity contribution in [2.24, 2.45) is 17.3 Å². The first kappa shape index (κ1) is 15.7. The highest BCUT2D eigenvalue weighted by molar-refractivity contribution is 4.93. The van der Waals surface area contributed by atoms with Crippen LogP contribution in [0.1, 0.15) is 73.6 Å². The van der Waals surface area contributed by atoms with E-state index in [1.54, 1.807) is 0 Å². The summed E-state index contributed by atoms with van der Waals surface area (Å²) in [5.41, 5.74) is 0.462. The molecule has 0 aliphatic carbocycles. The van der Waals surface area contributed by atoms with E-state index in [1.165, 1.54) is 32.1 Å². The molecule has 0 aliphatic heterocycles. The zero-order valence-electron chi connectivity index (χ0n) is 12.3. The van der Waals surface area contributed by atoms with Gasteiger partial charge in [-0.25, -0.2) is 0 Å². The Morgan fingerprint density at radius 1 is 1.12 bits per heavy atom. The SMILES string of the molecule is CCCC(C)(C)C(C)C=CCCCC(C)C. The average molecular weight is 224 g/mol. The van der Waals surface area contributed by atoms with Gasteiger partial charge in [-0.2, -0.15) is 0 Å². The summed E-state index contributed by atoms with van der Waals surface area (Å²) in [5.74, 6) is 1.55. The van der Waals surface area contributed by atoms with Gasteiger partial charge in [-0.05, 0) is 36.5 Å². The third kappa shape index (κ3) is 7.09. The first-order chi connectivity index (χ1) is 7.40. The van der Waals surface area contributed by atoms with E-state index in [1.807, 2.05) is 0 Å². The van der Waals surface area contributed by atoms with Crippen LogP contribution in [0.15, 0.2) is 12.2 Å². The highest BCUT2D eigenvalue weighted by atomic mass is 14.3. The zero-order valence-corrected chi connectivity index (χ0v) is 12.3. The molecule has 0 saturated carbocycles. The van der Waals surface area contributed by atoms with Crippen molar-refractivity contribution >= 4 is 0 Å². The van der Waals surface area contributed by atoms with Crippen LogP contribution in [0.25, 0.3) is 0 Å². The molecule has 0 nitrogen and oxygen atoms in total. The second-order valence-electron chi connectivity index (χ2n) is 6.28. The second kappa shape index (κ2) is 7.92. The van der Waals surface area contributed by atoms with E-state index >= 15 is 0 Å². The van der Waals surface area contributed by atoms with Crippen molar-refractivity contribution in [1.29, 1.82) is 0 Å². The van der Waals surface area contributed by atoms with E-state index in [-0.39, 0.29) is 0 Å². The Labute approximate surface area is 104 Å². The van der Waals surface area contributed by atoms with Crippen LogP contribution in [0.2, 0.25) is 0 Å². The van der Waals surface area contributed by atoms with E-state index in [0.717, 1.165) is 5.92 Å². The highest BCUT2D eigenvalue weighted by Crippen LogP contribution is 2.32. The lowest BCUT2D eigenvalue weighted by atomic mass is 9.76. The number of rotatable bonds is 8. The van der Waals surface area contributed by atoms with Gasteiger partial charge in [0.1, 0.15) is 0 Å². The first-order valence-corrected chi connectivity index (χ1v) is 7.06. The summed E-state index contributed by atoms with van der Waals surface area (Å²) in [7, 11) is 0. The molecule has 0 aromatic rings. The van der Waals surface area contributed by atoms with Gasteiger partial charge in [0.15, 0.2) is 0 Å². The normalized spacial score (nSPS) is 14.9. The van der Waals surface area contributed by atoms with Gasteiger partial charge in [-0.1, -0.05) is 66.5 Å². The predicted molar refractivity (Wildman–Crippen MR) is 75.7 cm³/mol. The number of allylic oxidation sites excluding steroid dienone is 2. The minimum atomic E-state index is 0.462. The lowest BCUT2D eigenvalue weighted by molar-refractivity contribution is 0.251. The summed E-state index contributed by atoms with van der Waals surface area (Å²) < 4.78 is 0. The molecule has 0 aromatic carbocycles. The topological polar surface area (TPSA) is 0 Å². The summed E-state index contributed by atoms with van der Waals surface area (Å²) >= 11 is 0. The Morgan fingerprint density at radius 2 is 1.75 bits per heavy atom. The molecule has 1 atom stereocenters. The summed E-state index contributed by atoms with van der Waals surface area (Å²) in [6, 6.07) is 0. The first-order valence-electron chi connectivity index (χ1n) is 7.06. The van der Waals surface area contributed by atoms with Crippen molar-refractivity contribution in [2.45, 2.75) is 73.6 Å². The van der Waals surface area contributed by atoms with Gasteiger partial charge in [0.25, 0.3) is 0 Å². The molecule has 0 aliphatic rings. The molecule has 0 N–H and O–H groups in total. The van der Waals surface area contributed by atoms with E-state index in [2.05, 4.69) is 53.7 Å². The van der Waals surface area contributed by atoms with Crippen LogP contribution in [0.3, 0.4) is 0 Å². The van der Waals surface area contributed by atoms with E-state index in [4.69, 9.17) is 0 Å². The Morgan fingerprint density at radius 3 is 2.25 bits per heavy atom. The highest BCUT2D eigenvalue weighted by Gasteiger charge is 2.22. The van der Waals surface area contributed by atoms with Crippen molar-refractivity contribution in [3.63, 3.8) is 0 Å². The third-order valence-electron chi connectivity index (χ3n) is 3.70. The summed E-state index contributed by atoms with van der Waals surface area (Å²) in [6.07, 6.45) is 11.4. The number of hydrogen-bond acceptors (Lipinski definition) is 0. The molecule has 0 aromatic heterocycles. The van der Waals surface area contributed by atoms with Gasteiger partial charge in [-0.3, -0.25) is 0 Å². The van der Waals surface area contributed by atoms with Gasteiger partial charge in [0.2, 0.25) is 0 Å². The summed E-state index contributed by atoms with van der Waals surface area (Å²) in [5, 5.41) is 0. The predicted octanol–water partition coefficient (Wildman–Crippen LogP) is 5.83. The van der Waals surface area contributed by atoms with Crippen LogP contribution in [-0.2, 0) is 0 Å². The Bertz CT molecular complexity index is 186. The Balaban J connectivity index is 3.85. The van der Waals surface area contributed by atoms with Gasteiger partial charge >= 0.3 is 0 Å². The molecule has 0 fully saturated rings.